The van der Waals surface area contributed by atoms with Gasteiger partial charge in [0.15, 0.2) is 5.69 Å². The molecule has 1 aromatic heterocycles. The predicted octanol–water partition coefficient (Wildman–Crippen LogP) is 4.08. The Labute approximate surface area is 165 Å². The number of hydrogen-bond donors (Lipinski definition) is 0. The molecule has 1 atom stereocenters. The second-order valence-electron chi connectivity index (χ2n) is 7.99. The van der Waals surface area contributed by atoms with Crippen LogP contribution in [-0.2, 0) is 0 Å². The lowest BCUT2D eigenvalue weighted by Gasteiger charge is -2.16. The van der Waals surface area contributed by atoms with E-state index in [4.69, 9.17) is 0 Å². The van der Waals surface area contributed by atoms with Gasteiger partial charge in [0, 0.05) is 24.9 Å². The van der Waals surface area contributed by atoms with Crippen LogP contribution < -0.4 is 0 Å². The summed E-state index contributed by atoms with van der Waals surface area (Å²) in [6.45, 7) is 3.60. The maximum Gasteiger partial charge on any atom is 0.276 e. The standard InChI is InChI=1S/C23H24N4O/c1-16-7-11-20(12-8-16)27-22(18-9-10-18)21(24-25-27)23(28)26-14-13-19(15-26)17-5-3-2-4-6-17/h2-8,11-12,18-19H,9-10,13-15H2,1H3. The Kier molecular flexibility index (Phi) is 4.23. The second-order valence-corrected chi connectivity index (χ2v) is 7.99. The zero-order valence-corrected chi connectivity index (χ0v) is 16.1. The molecule has 0 bridgehead atoms. The summed E-state index contributed by atoms with van der Waals surface area (Å²) in [5.74, 6) is 0.822. The van der Waals surface area contributed by atoms with Gasteiger partial charge >= 0.3 is 0 Å². The first-order valence-corrected chi connectivity index (χ1v) is 10.1. The van der Waals surface area contributed by atoms with Gasteiger partial charge in [-0.2, -0.15) is 0 Å². The van der Waals surface area contributed by atoms with Gasteiger partial charge in [-0.05, 0) is 43.9 Å². The summed E-state index contributed by atoms with van der Waals surface area (Å²) >= 11 is 0. The van der Waals surface area contributed by atoms with Crippen LogP contribution in [0.4, 0.5) is 0 Å². The molecule has 142 valence electrons. The third-order valence-corrected chi connectivity index (χ3v) is 5.90. The monoisotopic (exact) mass is 372 g/mol. The van der Waals surface area contributed by atoms with E-state index in [1.807, 2.05) is 27.8 Å². The number of carbonyl (C=O) groups excluding carboxylic acids is 1. The smallest absolute Gasteiger partial charge is 0.276 e. The number of likely N-dealkylation sites (tertiary alicyclic amines) is 1. The van der Waals surface area contributed by atoms with Gasteiger partial charge in [-0.3, -0.25) is 4.79 Å². The van der Waals surface area contributed by atoms with E-state index in [1.54, 1.807) is 0 Å². The van der Waals surface area contributed by atoms with Crippen LogP contribution in [-0.4, -0.2) is 38.9 Å². The lowest BCUT2D eigenvalue weighted by Crippen LogP contribution is -2.29. The van der Waals surface area contributed by atoms with Gasteiger partial charge in [0.05, 0.1) is 11.4 Å². The van der Waals surface area contributed by atoms with E-state index in [1.165, 1.54) is 11.1 Å². The molecule has 1 aliphatic carbocycles. The summed E-state index contributed by atoms with van der Waals surface area (Å²) in [6, 6.07) is 18.7. The second kappa shape index (κ2) is 6.89. The number of aryl methyl sites for hydroxylation is 1. The minimum atomic E-state index is 0.0266. The molecule has 0 N–H and O–H groups in total. The van der Waals surface area contributed by atoms with Crippen LogP contribution in [0.2, 0.25) is 0 Å². The van der Waals surface area contributed by atoms with Gasteiger partial charge in [0.1, 0.15) is 0 Å². The number of carbonyl (C=O) groups is 1. The number of rotatable bonds is 4. The van der Waals surface area contributed by atoms with Crippen LogP contribution in [0.5, 0.6) is 0 Å². The van der Waals surface area contributed by atoms with Crippen molar-refractivity contribution in [3.63, 3.8) is 0 Å². The van der Waals surface area contributed by atoms with E-state index in [0.29, 0.717) is 17.5 Å². The molecule has 1 aliphatic heterocycles. The summed E-state index contributed by atoms with van der Waals surface area (Å²) < 4.78 is 1.87. The molecule has 3 aromatic rings. The summed E-state index contributed by atoms with van der Waals surface area (Å²) in [5.41, 5.74) is 5.01. The molecule has 28 heavy (non-hydrogen) atoms. The van der Waals surface area contributed by atoms with Crippen molar-refractivity contribution in [3.05, 3.63) is 77.1 Å². The van der Waals surface area contributed by atoms with E-state index in [2.05, 4.69) is 53.6 Å². The van der Waals surface area contributed by atoms with Gasteiger partial charge in [-0.1, -0.05) is 53.2 Å². The highest BCUT2D eigenvalue weighted by Gasteiger charge is 2.37. The SMILES string of the molecule is Cc1ccc(-n2nnc(C(=O)N3CCC(c4ccccc4)C3)c2C2CC2)cc1. The largest absolute Gasteiger partial charge is 0.337 e. The maximum atomic E-state index is 13.3. The Bertz CT molecular complexity index is 989. The highest BCUT2D eigenvalue weighted by atomic mass is 16.2. The average molecular weight is 372 g/mol. The fourth-order valence-electron chi connectivity index (χ4n) is 4.13. The first kappa shape index (κ1) is 17.2. The molecule has 5 heteroatoms. The van der Waals surface area contributed by atoms with Gasteiger partial charge in [-0.25, -0.2) is 4.68 Å². The third-order valence-electron chi connectivity index (χ3n) is 5.90. The van der Waals surface area contributed by atoms with Crippen LogP contribution in [0.3, 0.4) is 0 Å². The normalized spacial score (nSPS) is 19.2. The molecule has 5 rings (SSSR count). The molecular formula is C23H24N4O. The Morgan fingerprint density at radius 3 is 2.43 bits per heavy atom. The van der Waals surface area contributed by atoms with Crippen molar-refractivity contribution in [2.75, 3.05) is 13.1 Å². The van der Waals surface area contributed by atoms with Gasteiger partial charge < -0.3 is 4.90 Å². The van der Waals surface area contributed by atoms with E-state index in [9.17, 15) is 4.79 Å². The topological polar surface area (TPSA) is 51.0 Å². The summed E-state index contributed by atoms with van der Waals surface area (Å²) in [5, 5.41) is 8.71. The number of nitrogens with zero attached hydrogens (tertiary/aromatic N) is 4. The average Bonchev–Trinajstić information content (AvgIpc) is 3.28. The van der Waals surface area contributed by atoms with Crippen molar-refractivity contribution in [2.24, 2.45) is 0 Å². The van der Waals surface area contributed by atoms with Crippen molar-refractivity contribution >= 4 is 5.91 Å². The number of benzene rings is 2. The zero-order valence-electron chi connectivity index (χ0n) is 16.1. The minimum absolute atomic E-state index is 0.0266. The predicted molar refractivity (Wildman–Crippen MR) is 108 cm³/mol. The highest BCUT2D eigenvalue weighted by Crippen LogP contribution is 2.42. The molecule has 1 saturated heterocycles. The van der Waals surface area contributed by atoms with Gasteiger partial charge in [0.25, 0.3) is 5.91 Å². The Morgan fingerprint density at radius 2 is 1.71 bits per heavy atom. The molecule has 5 nitrogen and oxygen atoms in total. The fraction of sp³-hybridized carbons (Fsp3) is 0.348. The molecule has 1 saturated carbocycles. The van der Waals surface area contributed by atoms with Crippen molar-refractivity contribution in [3.8, 4) is 5.69 Å². The van der Waals surface area contributed by atoms with Crippen LogP contribution in [0.15, 0.2) is 54.6 Å². The summed E-state index contributed by atoms with van der Waals surface area (Å²) in [7, 11) is 0. The van der Waals surface area contributed by atoms with Gasteiger partial charge in [-0.15, -0.1) is 5.10 Å². The van der Waals surface area contributed by atoms with Crippen LogP contribution in [0, 0.1) is 6.92 Å². The Balaban J connectivity index is 1.42. The van der Waals surface area contributed by atoms with Crippen molar-refractivity contribution in [1.82, 2.24) is 19.9 Å². The lowest BCUT2D eigenvalue weighted by molar-refractivity contribution is 0.0783. The lowest BCUT2D eigenvalue weighted by atomic mass is 9.99. The highest BCUT2D eigenvalue weighted by molar-refractivity contribution is 5.94. The molecule has 2 aromatic carbocycles. The molecular weight excluding hydrogens is 348 g/mol. The molecule has 2 fully saturated rings. The van der Waals surface area contributed by atoms with E-state index in [-0.39, 0.29) is 5.91 Å². The van der Waals surface area contributed by atoms with Crippen molar-refractivity contribution in [1.29, 1.82) is 0 Å². The first-order valence-electron chi connectivity index (χ1n) is 10.1. The van der Waals surface area contributed by atoms with Crippen LogP contribution in [0.25, 0.3) is 5.69 Å². The molecule has 0 radical (unpaired) electrons. The molecule has 0 spiro atoms. The van der Waals surface area contributed by atoms with Crippen LogP contribution in [0.1, 0.15) is 58.4 Å². The molecule has 2 aliphatic rings. The van der Waals surface area contributed by atoms with Crippen LogP contribution >= 0.6 is 0 Å². The van der Waals surface area contributed by atoms with Crippen molar-refractivity contribution in [2.45, 2.75) is 38.0 Å². The zero-order chi connectivity index (χ0) is 19.1. The molecule has 2 heterocycles. The number of amides is 1. The number of hydrogen-bond acceptors (Lipinski definition) is 3. The third kappa shape index (κ3) is 3.11. The fourth-order valence-corrected chi connectivity index (χ4v) is 4.13. The van der Waals surface area contributed by atoms with E-state index in [0.717, 1.165) is 43.7 Å². The van der Waals surface area contributed by atoms with E-state index < -0.39 is 0 Å². The maximum absolute atomic E-state index is 13.3. The summed E-state index contributed by atoms with van der Waals surface area (Å²) in [4.78, 5) is 15.2. The Morgan fingerprint density at radius 1 is 0.964 bits per heavy atom. The molecule has 1 unspecified atom stereocenters. The van der Waals surface area contributed by atoms with E-state index >= 15 is 0 Å². The first-order chi connectivity index (χ1) is 13.7. The number of aromatic nitrogens is 3. The minimum Gasteiger partial charge on any atom is -0.337 e. The quantitative estimate of drug-likeness (QED) is 0.693. The van der Waals surface area contributed by atoms with Gasteiger partial charge in [0.2, 0.25) is 0 Å². The Hall–Kier alpha value is -2.95. The van der Waals surface area contributed by atoms with Crippen molar-refractivity contribution < 1.29 is 4.79 Å². The summed E-state index contributed by atoms with van der Waals surface area (Å²) in [6.07, 6.45) is 3.21. The molecule has 1 amide bonds.